The van der Waals surface area contributed by atoms with Crippen molar-refractivity contribution in [2.24, 2.45) is 0 Å². The van der Waals surface area contributed by atoms with Crippen LogP contribution in [0.3, 0.4) is 0 Å². The van der Waals surface area contributed by atoms with E-state index < -0.39 is 0 Å². The Bertz CT molecular complexity index is 502. The molecule has 86 valence electrons. The first-order valence-electron chi connectivity index (χ1n) is 5.96. The van der Waals surface area contributed by atoms with Crippen LogP contribution in [0.25, 0.3) is 5.52 Å². The van der Waals surface area contributed by atoms with Crippen LogP contribution in [0.4, 0.5) is 0 Å². The largest absolute Gasteiger partial charge is 0.240 e. The van der Waals surface area contributed by atoms with Crippen molar-refractivity contribution in [2.75, 3.05) is 0 Å². The minimum atomic E-state index is 0.677. The van der Waals surface area contributed by atoms with Crippen molar-refractivity contribution in [3.8, 4) is 12.3 Å². The first-order valence-corrected chi connectivity index (χ1v) is 5.96. The molecule has 0 saturated carbocycles. The number of terminal acetylenes is 1. The fourth-order valence-corrected chi connectivity index (χ4v) is 1.77. The summed E-state index contributed by atoms with van der Waals surface area (Å²) in [5, 5.41) is 4.11. The fourth-order valence-electron chi connectivity index (χ4n) is 1.77. The van der Waals surface area contributed by atoms with Gasteiger partial charge in [0.15, 0.2) is 0 Å². The van der Waals surface area contributed by atoms with E-state index in [9.17, 15) is 0 Å². The number of aromatic nitrogens is 2. The maximum absolute atomic E-state index is 5.19. The molecule has 2 heteroatoms. The molecule has 0 fully saturated rings. The normalized spacial score (nSPS) is 13.8. The van der Waals surface area contributed by atoms with Crippen molar-refractivity contribution in [2.45, 2.75) is 25.7 Å². The molecule has 0 aliphatic heterocycles. The van der Waals surface area contributed by atoms with Gasteiger partial charge in [0.05, 0.1) is 5.52 Å². The molecule has 0 bridgehead atoms. The van der Waals surface area contributed by atoms with Crippen molar-refractivity contribution in [1.82, 2.24) is 9.61 Å². The number of pyridine rings is 1. The Kier molecular flexibility index (Phi) is 3.99. The third-order valence-electron chi connectivity index (χ3n) is 2.68. The summed E-state index contributed by atoms with van der Waals surface area (Å²) in [6, 6.07) is 7.71. The minimum Gasteiger partial charge on any atom is -0.240 e. The topological polar surface area (TPSA) is 17.3 Å². The van der Waals surface area contributed by atoms with E-state index in [0.29, 0.717) is 5.69 Å². The highest BCUT2D eigenvalue weighted by Gasteiger charge is 1.94. The number of hydrogen-bond donors (Lipinski definition) is 0. The second kappa shape index (κ2) is 5.91. The molecule has 0 spiro atoms. The Hall–Kier alpha value is -2.01. The van der Waals surface area contributed by atoms with Gasteiger partial charge in [-0.3, -0.25) is 0 Å². The van der Waals surface area contributed by atoms with Crippen molar-refractivity contribution < 1.29 is 0 Å². The molecule has 0 saturated heterocycles. The molecule has 2 aromatic heterocycles. The monoisotopic (exact) mass is 224 g/mol. The number of allylic oxidation sites excluding steroid dienone is 2. The van der Waals surface area contributed by atoms with Crippen LogP contribution in [-0.4, -0.2) is 9.61 Å². The molecule has 0 aromatic carbocycles. The summed E-state index contributed by atoms with van der Waals surface area (Å²) >= 11 is 0. The second-order valence-corrected chi connectivity index (χ2v) is 4.00. The molecule has 1 aliphatic carbocycles. The van der Waals surface area contributed by atoms with Crippen LogP contribution in [0.5, 0.6) is 0 Å². The van der Waals surface area contributed by atoms with Gasteiger partial charge in [0, 0.05) is 6.20 Å². The van der Waals surface area contributed by atoms with Crippen LogP contribution >= 0.6 is 0 Å². The molecule has 1 aliphatic rings. The Morgan fingerprint density at radius 3 is 2.47 bits per heavy atom. The zero-order valence-corrected chi connectivity index (χ0v) is 9.84. The Labute approximate surface area is 102 Å². The molecule has 0 amide bonds. The molecular weight excluding hydrogens is 208 g/mol. The van der Waals surface area contributed by atoms with Crippen LogP contribution in [-0.2, 0) is 0 Å². The smallest absolute Gasteiger partial charge is 0.136 e. The van der Waals surface area contributed by atoms with Gasteiger partial charge >= 0.3 is 0 Å². The molecule has 3 rings (SSSR count). The van der Waals surface area contributed by atoms with E-state index in [4.69, 9.17) is 6.42 Å². The summed E-state index contributed by atoms with van der Waals surface area (Å²) in [7, 11) is 0. The second-order valence-electron chi connectivity index (χ2n) is 4.00. The Morgan fingerprint density at radius 1 is 1.18 bits per heavy atom. The Morgan fingerprint density at radius 2 is 1.94 bits per heavy atom. The lowest BCUT2D eigenvalue weighted by molar-refractivity contribution is 0.730. The van der Waals surface area contributed by atoms with Gasteiger partial charge in [-0.2, -0.15) is 5.10 Å². The van der Waals surface area contributed by atoms with Gasteiger partial charge in [0.1, 0.15) is 5.69 Å². The van der Waals surface area contributed by atoms with Gasteiger partial charge in [0.25, 0.3) is 0 Å². The molecule has 17 heavy (non-hydrogen) atoms. The molecule has 0 radical (unpaired) electrons. The average Bonchev–Trinajstić information content (AvgIpc) is 2.84. The molecule has 2 heterocycles. The minimum absolute atomic E-state index is 0.677. The SMILES string of the molecule is C#Cc1cc2ccccn2n1.C1=CCCCC1. The summed E-state index contributed by atoms with van der Waals surface area (Å²) in [4.78, 5) is 0. The number of fused-ring (bicyclic) bond motifs is 1. The van der Waals surface area contributed by atoms with Crippen LogP contribution in [0.15, 0.2) is 42.6 Å². The maximum Gasteiger partial charge on any atom is 0.136 e. The van der Waals surface area contributed by atoms with E-state index in [1.54, 1.807) is 4.52 Å². The van der Waals surface area contributed by atoms with Crippen LogP contribution in [0, 0.1) is 12.3 Å². The third kappa shape index (κ3) is 3.22. The quantitative estimate of drug-likeness (QED) is 0.495. The molecule has 0 unspecified atom stereocenters. The highest BCUT2D eigenvalue weighted by atomic mass is 15.2. The van der Waals surface area contributed by atoms with Crippen LogP contribution in [0.2, 0.25) is 0 Å². The maximum atomic E-state index is 5.19. The van der Waals surface area contributed by atoms with Crippen molar-refractivity contribution in [3.63, 3.8) is 0 Å². The zero-order chi connectivity index (χ0) is 11.9. The third-order valence-corrected chi connectivity index (χ3v) is 2.68. The van der Waals surface area contributed by atoms with Gasteiger partial charge in [-0.1, -0.05) is 18.2 Å². The zero-order valence-electron chi connectivity index (χ0n) is 9.84. The number of hydrogen-bond acceptors (Lipinski definition) is 1. The van der Waals surface area contributed by atoms with Crippen molar-refractivity contribution >= 4 is 5.52 Å². The molecule has 0 atom stereocenters. The van der Waals surface area contributed by atoms with Crippen LogP contribution < -0.4 is 0 Å². The summed E-state index contributed by atoms with van der Waals surface area (Å²) in [6.07, 6.45) is 17.1. The molecule has 0 N–H and O–H groups in total. The van der Waals surface area contributed by atoms with Crippen molar-refractivity contribution in [1.29, 1.82) is 0 Å². The summed E-state index contributed by atoms with van der Waals surface area (Å²) in [5.41, 5.74) is 1.71. The lowest BCUT2D eigenvalue weighted by atomic mass is 10.1. The van der Waals surface area contributed by atoms with E-state index in [1.165, 1.54) is 25.7 Å². The standard InChI is InChI=1S/C9H6N2.C6H10/c1-2-8-7-9-5-3-4-6-11(9)10-8;1-2-4-6-5-3-1/h1,3-7H;1-2H,3-6H2. The summed E-state index contributed by atoms with van der Waals surface area (Å²) in [5.74, 6) is 2.48. The Balaban J connectivity index is 0.000000153. The first-order chi connectivity index (χ1) is 8.40. The summed E-state index contributed by atoms with van der Waals surface area (Å²) in [6.45, 7) is 0. The predicted molar refractivity (Wildman–Crippen MR) is 70.7 cm³/mol. The van der Waals surface area contributed by atoms with Gasteiger partial charge in [-0.25, -0.2) is 4.52 Å². The number of rotatable bonds is 0. The molecule has 2 aromatic rings. The van der Waals surface area contributed by atoms with E-state index in [1.807, 2.05) is 30.5 Å². The van der Waals surface area contributed by atoms with Gasteiger partial charge in [-0.15, -0.1) is 6.42 Å². The van der Waals surface area contributed by atoms with Crippen molar-refractivity contribution in [3.05, 3.63) is 48.3 Å². The highest BCUT2D eigenvalue weighted by molar-refractivity contribution is 5.50. The molecule has 2 nitrogen and oxygen atoms in total. The lowest BCUT2D eigenvalue weighted by Crippen LogP contribution is -1.83. The lowest BCUT2D eigenvalue weighted by Gasteiger charge is -1.97. The predicted octanol–water partition coefficient (Wildman–Crippen LogP) is 3.43. The fraction of sp³-hybridized carbons (Fsp3) is 0.267. The summed E-state index contributed by atoms with van der Waals surface area (Å²) < 4.78 is 1.76. The highest BCUT2D eigenvalue weighted by Crippen LogP contribution is 2.07. The van der Waals surface area contributed by atoms with E-state index in [2.05, 4.69) is 23.2 Å². The van der Waals surface area contributed by atoms with Gasteiger partial charge < -0.3 is 0 Å². The van der Waals surface area contributed by atoms with E-state index >= 15 is 0 Å². The van der Waals surface area contributed by atoms with Gasteiger partial charge in [0.2, 0.25) is 0 Å². The van der Waals surface area contributed by atoms with E-state index in [0.717, 1.165) is 5.52 Å². The average molecular weight is 224 g/mol. The number of nitrogens with zero attached hydrogens (tertiary/aromatic N) is 2. The van der Waals surface area contributed by atoms with Crippen LogP contribution in [0.1, 0.15) is 31.4 Å². The molecular formula is C15H16N2. The first kappa shape index (κ1) is 11.5. The van der Waals surface area contributed by atoms with Gasteiger partial charge in [-0.05, 0) is 49.8 Å². The van der Waals surface area contributed by atoms with E-state index in [-0.39, 0.29) is 0 Å².